The van der Waals surface area contributed by atoms with Gasteiger partial charge in [0, 0.05) is 42.0 Å². The summed E-state index contributed by atoms with van der Waals surface area (Å²) >= 11 is 6.67. The van der Waals surface area contributed by atoms with Crippen LogP contribution in [-0.2, 0) is 12.6 Å². The molecule has 2 aromatic carbocycles. The Hall–Kier alpha value is -4.63. The molecule has 1 aliphatic rings. The van der Waals surface area contributed by atoms with Crippen LogP contribution in [0.5, 0.6) is 0 Å². The number of alkyl halides is 3. The molecule has 3 aromatic heterocycles. The van der Waals surface area contributed by atoms with E-state index in [1.165, 1.54) is 12.4 Å². The Morgan fingerprint density at radius 1 is 1.13 bits per heavy atom. The fourth-order valence-electron chi connectivity index (χ4n) is 5.65. The quantitative estimate of drug-likeness (QED) is 0.177. The summed E-state index contributed by atoms with van der Waals surface area (Å²) in [4.78, 5) is 9.14. The summed E-state index contributed by atoms with van der Waals surface area (Å²) in [5, 5.41) is 26.1. The lowest BCUT2D eigenvalue weighted by molar-refractivity contribution is -0.182. The Kier molecular flexibility index (Phi) is 7.71. The molecule has 3 heterocycles. The second-order valence-electron chi connectivity index (χ2n) is 13.1. The van der Waals surface area contributed by atoms with Crippen molar-refractivity contribution in [1.29, 1.82) is 5.26 Å². The number of fused-ring (bicyclic) bond motifs is 1. The third kappa shape index (κ3) is 5.75. The van der Waals surface area contributed by atoms with Crippen LogP contribution >= 0.6 is 11.6 Å². The van der Waals surface area contributed by atoms with Crippen LogP contribution < -0.4 is 10.6 Å². The summed E-state index contributed by atoms with van der Waals surface area (Å²) < 4.78 is 45.0. The Balaban J connectivity index is 1.51. The van der Waals surface area contributed by atoms with Gasteiger partial charge in [0.15, 0.2) is 5.54 Å². The van der Waals surface area contributed by atoms with Gasteiger partial charge in [0.05, 0.1) is 46.7 Å². The number of aromatic nitrogens is 6. The van der Waals surface area contributed by atoms with E-state index in [2.05, 4.69) is 57.8 Å². The fraction of sp³-hybridized carbons (Fsp3) is 0.364. The molecule has 9 nitrogen and oxygen atoms in total. The molecule has 238 valence electrons. The van der Waals surface area contributed by atoms with E-state index in [-0.39, 0.29) is 18.3 Å². The number of benzene rings is 2. The third-order valence-corrected chi connectivity index (χ3v) is 8.53. The molecule has 5 aromatic rings. The first-order valence-corrected chi connectivity index (χ1v) is 15.2. The summed E-state index contributed by atoms with van der Waals surface area (Å²) in [6.45, 7) is 8.78. The monoisotopic (exact) mass is 647 g/mol. The van der Waals surface area contributed by atoms with Crippen molar-refractivity contribution in [2.24, 2.45) is 12.5 Å². The van der Waals surface area contributed by atoms with E-state index in [4.69, 9.17) is 11.6 Å². The zero-order valence-corrected chi connectivity index (χ0v) is 26.8. The van der Waals surface area contributed by atoms with Crippen LogP contribution in [0.25, 0.3) is 22.2 Å². The van der Waals surface area contributed by atoms with Crippen molar-refractivity contribution in [3.05, 3.63) is 82.7 Å². The molecule has 0 amide bonds. The zero-order valence-electron chi connectivity index (χ0n) is 26.0. The van der Waals surface area contributed by atoms with Crippen LogP contribution in [0.1, 0.15) is 62.0 Å². The van der Waals surface area contributed by atoms with Gasteiger partial charge in [-0.3, -0.25) is 4.98 Å². The summed E-state index contributed by atoms with van der Waals surface area (Å²) in [5.41, 5.74) is 3.43. The lowest BCUT2D eigenvalue weighted by Crippen LogP contribution is -2.35. The highest BCUT2D eigenvalue weighted by Gasteiger charge is 2.66. The van der Waals surface area contributed by atoms with E-state index < -0.39 is 17.8 Å². The molecule has 6 rings (SSSR count). The number of hydrogen-bond acceptors (Lipinski definition) is 7. The van der Waals surface area contributed by atoms with Gasteiger partial charge in [-0.15, -0.1) is 5.10 Å². The van der Waals surface area contributed by atoms with Gasteiger partial charge < -0.3 is 15.2 Å². The molecule has 0 spiro atoms. The van der Waals surface area contributed by atoms with Gasteiger partial charge in [0.1, 0.15) is 11.8 Å². The molecular formula is C33H33ClF3N9. The minimum Gasteiger partial charge on any atom is -0.383 e. The maximum absolute atomic E-state index is 14.1. The molecule has 1 fully saturated rings. The maximum Gasteiger partial charge on any atom is 0.413 e. The SMILES string of the molecule is Cc1c(-c2cn(C)cn2)cccc1[C@H](Nc1cc(Cl)cc2c(NCC(C)(C)C)c(C#N)cnc12)c1cn(C2(C(F)(F)F)CC2)nn1. The van der Waals surface area contributed by atoms with Crippen molar-refractivity contribution in [3.8, 4) is 17.3 Å². The van der Waals surface area contributed by atoms with E-state index in [9.17, 15) is 18.4 Å². The van der Waals surface area contributed by atoms with Crippen LogP contribution in [0.15, 0.2) is 55.2 Å². The van der Waals surface area contributed by atoms with Crippen LogP contribution in [0.3, 0.4) is 0 Å². The van der Waals surface area contributed by atoms with Crippen LogP contribution in [0.4, 0.5) is 24.5 Å². The third-order valence-electron chi connectivity index (χ3n) is 8.32. The number of imidazole rings is 1. The van der Waals surface area contributed by atoms with Crippen molar-refractivity contribution in [2.45, 2.75) is 58.3 Å². The maximum atomic E-state index is 14.1. The molecule has 0 bridgehead atoms. The number of nitrogens with one attached hydrogen (secondary N) is 2. The number of pyridine rings is 1. The number of halogens is 4. The van der Waals surface area contributed by atoms with Crippen molar-refractivity contribution in [2.75, 3.05) is 17.2 Å². The fourth-order valence-corrected chi connectivity index (χ4v) is 5.87. The first-order valence-electron chi connectivity index (χ1n) is 14.8. The molecule has 46 heavy (non-hydrogen) atoms. The molecule has 1 saturated carbocycles. The number of anilines is 2. The Morgan fingerprint density at radius 3 is 2.52 bits per heavy atom. The average Bonchev–Trinajstić information content (AvgIpc) is 3.48. The van der Waals surface area contributed by atoms with Crippen molar-refractivity contribution in [3.63, 3.8) is 0 Å². The minimum atomic E-state index is -4.46. The molecule has 0 unspecified atom stereocenters. The Morgan fingerprint density at radius 2 is 1.89 bits per heavy atom. The Bertz CT molecular complexity index is 1980. The normalized spacial score (nSPS) is 15.0. The first kappa shape index (κ1) is 31.4. The standard InChI is InChI=1S/C33H33ClF3N9/c1-19-22(26-15-45(5)18-41-26)7-6-8-23(19)30(27-16-46(44-43-27)32(9-10-32)33(35,36)37)42-25-12-21(34)11-24-28(40-17-31(2,3)4)20(13-38)14-39-29(24)25/h6-8,11-12,14-16,18,30,42H,9-10,17H2,1-5H3,(H,39,40)/t30-/m0/s1. The lowest BCUT2D eigenvalue weighted by Gasteiger charge is -2.24. The van der Waals surface area contributed by atoms with Crippen molar-refractivity contribution >= 4 is 33.9 Å². The molecule has 1 aliphatic carbocycles. The van der Waals surface area contributed by atoms with Gasteiger partial charge >= 0.3 is 6.18 Å². The van der Waals surface area contributed by atoms with Gasteiger partial charge in [0.25, 0.3) is 0 Å². The van der Waals surface area contributed by atoms with E-state index in [0.29, 0.717) is 45.1 Å². The van der Waals surface area contributed by atoms with E-state index in [0.717, 1.165) is 27.1 Å². The van der Waals surface area contributed by atoms with E-state index in [1.807, 2.05) is 42.9 Å². The van der Waals surface area contributed by atoms with Gasteiger partial charge in [-0.05, 0) is 48.4 Å². The second kappa shape index (κ2) is 11.3. The molecule has 13 heteroatoms. The van der Waals surface area contributed by atoms with Crippen LogP contribution in [0, 0.1) is 23.7 Å². The zero-order chi connectivity index (χ0) is 33.0. The molecule has 1 atom stereocenters. The highest BCUT2D eigenvalue weighted by atomic mass is 35.5. The number of nitrogens with zero attached hydrogens (tertiary/aromatic N) is 7. The van der Waals surface area contributed by atoms with Gasteiger partial charge in [-0.2, -0.15) is 18.4 Å². The molecular weight excluding hydrogens is 615 g/mol. The summed E-state index contributed by atoms with van der Waals surface area (Å²) in [6.07, 6.45) is 1.91. The predicted molar refractivity (Wildman–Crippen MR) is 172 cm³/mol. The van der Waals surface area contributed by atoms with E-state index in [1.54, 1.807) is 18.5 Å². The first-order chi connectivity index (χ1) is 21.7. The van der Waals surface area contributed by atoms with Gasteiger partial charge in [-0.25, -0.2) is 9.67 Å². The van der Waals surface area contributed by atoms with Crippen LogP contribution in [-0.4, -0.2) is 42.2 Å². The Labute approximate surface area is 269 Å². The summed E-state index contributed by atoms with van der Waals surface area (Å²) in [6, 6.07) is 10.7. The second-order valence-corrected chi connectivity index (χ2v) is 13.5. The predicted octanol–water partition coefficient (Wildman–Crippen LogP) is 7.77. The van der Waals surface area contributed by atoms with E-state index >= 15 is 0 Å². The smallest absolute Gasteiger partial charge is 0.383 e. The number of nitriles is 1. The number of hydrogen-bond donors (Lipinski definition) is 2. The number of rotatable bonds is 8. The average molecular weight is 648 g/mol. The van der Waals surface area contributed by atoms with Gasteiger partial charge in [-0.1, -0.05) is 55.8 Å². The summed E-state index contributed by atoms with van der Waals surface area (Å²) in [7, 11) is 1.88. The molecule has 0 saturated heterocycles. The molecule has 0 radical (unpaired) electrons. The molecule has 2 N–H and O–H groups in total. The number of aryl methyl sites for hydroxylation is 1. The highest BCUT2D eigenvalue weighted by Crippen LogP contribution is 2.55. The van der Waals surface area contributed by atoms with Crippen molar-refractivity contribution in [1.82, 2.24) is 29.5 Å². The topological polar surface area (TPSA) is 109 Å². The summed E-state index contributed by atoms with van der Waals surface area (Å²) in [5.74, 6) is 0. The van der Waals surface area contributed by atoms with Crippen molar-refractivity contribution < 1.29 is 13.2 Å². The lowest BCUT2D eigenvalue weighted by atomic mass is 9.93. The van der Waals surface area contributed by atoms with Crippen LogP contribution in [0.2, 0.25) is 5.02 Å². The largest absolute Gasteiger partial charge is 0.413 e. The van der Waals surface area contributed by atoms with Gasteiger partial charge in [0.2, 0.25) is 0 Å². The highest BCUT2D eigenvalue weighted by molar-refractivity contribution is 6.32. The molecule has 0 aliphatic heterocycles. The minimum absolute atomic E-state index is 0.0556.